The molecule has 3 aliphatic heterocycles. The molecule has 3 saturated heterocycles. The van der Waals surface area contributed by atoms with Crippen molar-refractivity contribution in [2.75, 3.05) is 19.8 Å². The average molecular weight is 620 g/mol. The average Bonchev–Trinajstić information content (AvgIpc) is 3.35. The molecule has 3 fully saturated rings. The number of amides is 1. The molecule has 2 N–H and O–H groups in total. The molecule has 0 spiro atoms. The summed E-state index contributed by atoms with van der Waals surface area (Å²) in [7, 11) is 0. The van der Waals surface area contributed by atoms with Gasteiger partial charge in [0.15, 0.2) is 30.6 Å². The van der Waals surface area contributed by atoms with E-state index in [9.17, 15) is 24.3 Å². The van der Waals surface area contributed by atoms with Gasteiger partial charge in [-0.1, -0.05) is 13.8 Å². The molecule has 0 bridgehead atoms. The van der Waals surface area contributed by atoms with E-state index in [1.54, 1.807) is 13.8 Å². The number of rotatable bonds is 13. The number of ether oxygens (including phenoxy) is 9. The number of aliphatic hydroxyl groups excluding tert-OH is 1. The second kappa shape index (κ2) is 15.1. The molecule has 0 unspecified atom stereocenters. The lowest BCUT2D eigenvalue weighted by Gasteiger charge is -2.45. The third-order valence-electron chi connectivity index (χ3n) is 6.91. The molecule has 43 heavy (non-hydrogen) atoms. The van der Waals surface area contributed by atoms with Crippen LogP contribution in [-0.2, 0) is 61.8 Å². The fourth-order valence-electron chi connectivity index (χ4n) is 5.16. The highest BCUT2D eigenvalue weighted by Gasteiger charge is 2.57. The predicted octanol–water partition coefficient (Wildman–Crippen LogP) is 0.328. The number of carbonyl (C=O) groups is 4. The first kappa shape index (κ1) is 35.1. The minimum Gasteiger partial charge on any atom is -0.463 e. The van der Waals surface area contributed by atoms with Crippen molar-refractivity contribution in [1.82, 2.24) is 5.32 Å². The van der Waals surface area contributed by atoms with Crippen LogP contribution < -0.4 is 5.32 Å². The Labute approximate surface area is 251 Å². The maximum absolute atomic E-state index is 12.2. The van der Waals surface area contributed by atoms with E-state index in [1.165, 1.54) is 13.8 Å². The molecule has 10 atom stereocenters. The van der Waals surface area contributed by atoms with Crippen LogP contribution in [0.15, 0.2) is 0 Å². The molecule has 0 aromatic heterocycles. The van der Waals surface area contributed by atoms with Crippen LogP contribution in [0.3, 0.4) is 0 Å². The highest BCUT2D eigenvalue weighted by molar-refractivity contribution is 5.73. The van der Waals surface area contributed by atoms with Crippen LogP contribution >= 0.6 is 0 Å². The molecule has 0 aliphatic carbocycles. The van der Waals surface area contributed by atoms with E-state index in [2.05, 4.69) is 19.2 Å². The first-order valence-electron chi connectivity index (χ1n) is 14.4. The molecule has 15 heteroatoms. The highest BCUT2D eigenvalue weighted by atomic mass is 16.8. The summed E-state index contributed by atoms with van der Waals surface area (Å²) in [6.45, 7) is 12.0. The van der Waals surface area contributed by atoms with E-state index in [0.29, 0.717) is 12.5 Å². The van der Waals surface area contributed by atoms with Crippen molar-refractivity contribution in [1.29, 1.82) is 0 Å². The van der Waals surface area contributed by atoms with Crippen LogP contribution in [0.4, 0.5) is 0 Å². The van der Waals surface area contributed by atoms with Gasteiger partial charge >= 0.3 is 17.9 Å². The summed E-state index contributed by atoms with van der Waals surface area (Å²) >= 11 is 0. The Morgan fingerprint density at radius 1 is 0.884 bits per heavy atom. The van der Waals surface area contributed by atoms with Gasteiger partial charge in [0.05, 0.1) is 6.61 Å². The standard InChI is InChI=1S/C28H45NO14/c1-13(2)9-10-35-24-21(41-27-25(24)42-28(7,8)43-27)18(34)11-37-26-20(29-14(3)30)23(39-17(6)33)22(38-16(5)32)19(40-26)12-36-15(4)31/h13,18-27,34H,9-12H2,1-8H3,(H,29,30)/t18-,19+,20+,21+,22+,23+,24-,25+,26+,27+/m0/s1. The number of fused-ring (bicyclic) bond motifs is 1. The van der Waals surface area contributed by atoms with Gasteiger partial charge in [0, 0.05) is 34.3 Å². The Morgan fingerprint density at radius 3 is 2.12 bits per heavy atom. The first-order chi connectivity index (χ1) is 20.1. The summed E-state index contributed by atoms with van der Waals surface area (Å²) in [6.07, 6.45) is -8.51. The SMILES string of the molecule is CC(=O)N[C@H]1[C@H](OC[C@H](O)[C@H]2O[C@@H]3OC(C)(C)O[C@@H]3[C@H]2OCCC(C)C)O[C@H](COC(C)=O)[C@@H](OC(C)=O)[C@@H]1OC(C)=O. The topological polar surface area (TPSA) is 184 Å². The van der Waals surface area contributed by atoms with Crippen LogP contribution in [0.1, 0.15) is 61.8 Å². The lowest BCUT2D eigenvalue weighted by molar-refractivity contribution is -0.286. The zero-order chi connectivity index (χ0) is 32.1. The minimum absolute atomic E-state index is 0.383. The fraction of sp³-hybridized carbons (Fsp3) is 0.857. The monoisotopic (exact) mass is 619 g/mol. The van der Waals surface area contributed by atoms with Gasteiger partial charge in [-0.25, -0.2) is 0 Å². The summed E-state index contributed by atoms with van der Waals surface area (Å²) in [6, 6.07) is -1.18. The van der Waals surface area contributed by atoms with Crippen LogP contribution in [0.5, 0.6) is 0 Å². The number of carbonyl (C=O) groups excluding carboxylic acids is 4. The smallest absolute Gasteiger partial charge is 0.303 e. The van der Waals surface area contributed by atoms with Gasteiger partial charge in [0.2, 0.25) is 5.91 Å². The predicted molar refractivity (Wildman–Crippen MR) is 144 cm³/mol. The fourth-order valence-corrected chi connectivity index (χ4v) is 5.16. The normalized spacial score (nSPS) is 33.9. The van der Waals surface area contributed by atoms with Crippen LogP contribution in [0.25, 0.3) is 0 Å². The summed E-state index contributed by atoms with van der Waals surface area (Å²) in [4.78, 5) is 47.7. The van der Waals surface area contributed by atoms with Crippen LogP contribution in [-0.4, -0.2) is 116 Å². The molecule has 0 saturated carbocycles. The Kier molecular flexibility index (Phi) is 12.3. The highest BCUT2D eigenvalue weighted by Crippen LogP contribution is 2.40. The molecule has 3 rings (SSSR count). The first-order valence-corrected chi connectivity index (χ1v) is 14.4. The molecule has 0 aromatic rings. The summed E-state index contributed by atoms with van der Waals surface area (Å²) < 4.78 is 51.9. The van der Waals surface area contributed by atoms with Crippen molar-refractivity contribution in [2.24, 2.45) is 5.92 Å². The zero-order valence-electron chi connectivity index (χ0n) is 25.9. The Morgan fingerprint density at radius 2 is 1.53 bits per heavy atom. The second-order valence-electron chi connectivity index (χ2n) is 11.7. The third-order valence-corrected chi connectivity index (χ3v) is 6.91. The van der Waals surface area contributed by atoms with Crippen molar-refractivity contribution in [3.8, 4) is 0 Å². The molecule has 0 aromatic carbocycles. The molecule has 15 nitrogen and oxygen atoms in total. The van der Waals surface area contributed by atoms with Crippen LogP contribution in [0, 0.1) is 5.92 Å². The molecule has 3 heterocycles. The number of hydrogen-bond acceptors (Lipinski definition) is 14. The van der Waals surface area contributed by atoms with Gasteiger partial charge in [-0.2, -0.15) is 0 Å². The third kappa shape index (κ3) is 9.80. The maximum Gasteiger partial charge on any atom is 0.303 e. The summed E-state index contributed by atoms with van der Waals surface area (Å²) in [5.41, 5.74) is 0. The Bertz CT molecular complexity index is 989. The number of nitrogens with one attached hydrogen (secondary N) is 1. The molecular formula is C28H45NO14. The van der Waals surface area contributed by atoms with Crippen molar-refractivity contribution < 1.29 is 66.9 Å². The van der Waals surface area contributed by atoms with E-state index >= 15 is 0 Å². The van der Waals surface area contributed by atoms with E-state index in [4.69, 9.17) is 42.6 Å². The Balaban J connectivity index is 1.81. The van der Waals surface area contributed by atoms with Gasteiger partial charge in [-0.15, -0.1) is 0 Å². The molecule has 246 valence electrons. The van der Waals surface area contributed by atoms with Gasteiger partial charge in [0.1, 0.15) is 43.2 Å². The van der Waals surface area contributed by atoms with Crippen LogP contribution in [0.2, 0.25) is 0 Å². The second-order valence-corrected chi connectivity index (χ2v) is 11.7. The quantitative estimate of drug-likeness (QED) is 0.212. The molecule has 0 radical (unpaired) electrons. The Hall–Kier alpha value is -2.40. The van der Waals surface area contributed by atoms with Crippen molar-refractivity contribution in [3.05, 3.63) is 0 Å². The van der Waals surface area contributed by atoms with E-state index in [-0.39, 0.29) is 13.2 Å². The number of esters is 3. The zero-order valence-corrected chi connectivity index (χ0v) is 25.9. The van der Waals surface area contributed by atoms with Gasteiger partial charge in [0.25, 0.3) is 0 Å². The molecule has 3 aliphatic rings. The lowest BCUT2D eigenvalue weighted by Crippen LogP contribution is -2.66. The molecular weight excluding hydrogens is 574 g/mol. The van der Waals surface area contributed by atoms with E-state index < -0.39 is 91.0 Å². The lowest BCUT2D eigenvalue weighted by atomic mass is 9.96. The van der Waals surface area contributed by atoms with E-state index in [1.807, 2.05) is 0 Å². The summed E-state index contributed by atoms with van der Waals surface area (Å²) in [5, 5.41) is 13.8. The van der Waals surface area contributed by atoms with Gasteiger partial charge < -0.3 is 53.1 Å². The van der Waals surface area contributed by atoms with Gasteiger partial charge in [-0.3, -0.25) is 19.2 Å². The number of aliphatic hydroxyl groups is 1. The van der Waals surface area contributed by atoms with Crippen molar-refractivity contribution in [2.45, 2.75) is 129 Å². The largest absolute Gasteiger partial charge is 0.463 e. The van der Waals surface area contributed by atoms with E-state index in [0.717, 1.165) is 20.3 Å². The van der Waals surface area contributed by atoms with Crippen molar-refractivity contribution >= 4 is 23.8 Å². The minimum atomic E-state index is -1.34. The summed E-state index contributed by atoms with van der Waals surface area (Å²) in [5.74, 6) is -3.13. The van der Waals surface area contributed by atoms with Crippen molar-refractivity contribution in [3.63, 3.8) is 0 Å². The van der Waals surface area contributed by atoms with Gasteiger partial charge in [-0.05, 0) is 26.2 Å². The molecule has 1 amide bonds. The number of hydrogen-bond donors (Lipinski definition) is 2. The maximum atomic E-state index is 12.2.